The Balaban J connectivity index is 1.69. The molecule has 0 unspecified atom stereocenters. The molecule has 3 N–H and O–H groups in total. The lowest BCUT2D eigenvalue weighted by molar-refractivity contribution is 0.0953. The molecule has 0 bridgehead atoms. The van der Waals surface area contributed by atoms with Crippen LogP contribution in [0.15, 0.2) is 53.5 Å². The number of nitrogens with zero attached hydrogens (tertiary/aromatic N) is 1. The normalized spacial score (nSPS) is 11.0. The van der Waals surface area contributed by atoms with Gasteiger partial charge >= 0.3 is 0 Å². The highest BCUT2D eigenvalue weighted by molar-refractivity contribution is 5.94. The first kappa shape index (κ1) is 23.1. The number of carbonyl (C=O) groups excluding carboxylic acids is 1. The van der Waals surface area contributed by atoms with Crippen molar-refractivity contribution in [3.63, 3.8) is 0 Å². The molecule has 0 saturated heterocycles. The molecular weight excluding hydrogens is 380 g/mol. The van der Waals surface area contributed by atoms with Gasteiger partial charge in [0.2, 0.25) is 0 Å². The Bertz CT molecular complexity index is 789. The van der Waals surface area contributed by atoms with Crippen molar-refractivity contribution in [2.75, 3.05) is 33.9 Å². The minimum Gasteiger partial charge on any atom is -0.497 e. The smallest absolute Gasteiger partial charge is 0.251 e. The Morgan fingerprint density at radius 2 is 1.63 bits per heavy atom. The lowest BCUT2D eigenvalue weighted by Crippen LogP contribution is -2.38. The first-order valence-corrected chi connectivity index (χ1v) is 10.2. The second kappa shape index (κ2) is 13.1. The minimum absolute atomic E-state index is 0.0303. The lowest BCUT2D eigenvalue weighted by atomic mass is 10.1. The molecule has 30 heavy (non-hydrogen) atoms. The van der Waals surface area contributed by atoms with E-state index in [4.69, 9.17) is 9.47 Å². The molecule has 7 heteroatoms. The Kier molecular flexibility index (Phi) is 10.1. The summed E-state index contributed by atoms with van der Waals surface area (Å²) < 4.78 is 10.8. The zero-order valence-electron chi connectivity index (χ0n) is 18.0. The molecule has 0 heterocycles. The summed E-state index contributed by atoms with van der Waals surface area (Å²) in [6.07, 6.45) is 2.05. The highest BCUT2D eigenvalue weighted by atomic mass is 16.5. The molecule has 0 aliphatic carbocycles. The van der Waals surface area contributed by atoms with Crippen molar-refractivity contribution in [3.8, 4) is 11.5 Å². The van der Waals surface area contributed by atoms with Gasteiger partial charge < -0.3 is 25.4 Å². The third-order valence-corrected chi connectivity index (χ3v) is 4.44. The van der Waals surface area contributed by atoms with E-state index in [0.717, 1.165) is 29.9 Å². The van der Waals surface area contributed by atoms with Gasteiger partial charge in [-0.25, -0.2) is 0 Å². The highest BCUT2D eigenvalue weighted by Crippen LogP contribution is 2.16. The summed E-state index contributed by atoms with van der Waals surface area (Å²) in [4.78, 5) is 16.3. The van der Waals surface area contributed by atoms with Gasteiger partial charge in [-0.1, -0.05) is 25.5 Å². The molecule has 1 amide bonds. The van der Waals surface area contributed by atoms with Gasteiger partial charge in [-0.3, -0.25) is 9.79 Å². The van der Waals surface area contributed by atoms with Crippen molar-refractivity contribution in [2.24, 2.45) is 4.99 Å². The van der Waals surface area contributed by atoms with Crippen LogP contribution in [0.2, 0.25) is 0 Å². The fraction of sp³-hybridized carbons (Fsp3) is 0.391. The van der Waals surface area contributed by atoms with Crippen molar-refractivity contribution in [1.82, 2.24) is 16.0 Å². The van der Waals surface area contributed by atoms with Gasteiger partial charge in [0.1, 0.15) is 18.1 Å². The molecular formula is C23H32N4O3. The molecule has 2 aromatic rings. The molecule has 2 aromatic carbocycles. The van der Waals surface area contributed by atoms with E-state index >= 15 is 0 Å². The summed E-state index contributed by atoms with van der Waals surface area (Å²) in [5.41, 5.74) is 1.74. The number of nitrogens with one attached hydrogen (secondary N) is 3. The van der Waals surface area contributed by atoms with E-state index in [0.29, 0.717) is 37.8 Å². The zero-order chi connectivity index (χ0) is 21.6. The maximum atomic E-state index is 12.1. The Labute approximate surface area is 178 Å². The number of benzene rings is 2. The van der Waals surface area contributed by atoms with Crippen LogP contribution in [-0.4, -0.2) is 45.7 Å². The van der Waals surface area contributed by atoms with Crippen LogP contribution in [0.1, 0.15) is 35.7 Å². The fourth-order valence-electron chi connectivity index (χ4n) is 2.67. The van der Waals surface area contributed by atoms with E-state index in [-0.39, 0.29) is 5.91 Å². The first-order chi connectivity index (χ1) is 14.7. The zero-order valence-corrected chi connectivity index (χ0v) is 18.0. The van der Waals surface area contributed by atoms with Crippen molar-refractivity contribution < 1.29 is 14.3 Å². The number of carbonyl (C=O) groups is 1. The summed E-state index contributed by atoms with van der Waals surface area (Å²) >= 11 is 0. The number of hydrogen-bond acceptors (Lipinski definition) is 4. The van der Waals surface area contributed by atoms with Crippen LogP contribution < -0.4 is 25.4 Å². The predicted molar refractivity (Wildman–Crippen MR) is 120 cm³/mol. The summed E-state index contributed by atoms with van der Waals surface area (Å²) in [5, 5.41) is 9.40. The lowest BCUT2D eigenvalue weighted by Gasteiger charge is -2.13. The number of hydrogen-bond donors (Lipinski definition) is 3. The van der Waals surface area contributed by atoms with Crippen LogP contribution in [0.5, 0.6) is 11.5 Å². The molecule has 7 nitrogen and oxygen atoms in total. The maximum Gasteiger partial charge on any atom is 0.251 e. The number of amides is 1. The van der Waals surface area contributed by atoms with Crippen LogP contribution in [0.4, 0.5) is 0 Å². The minimum atomic E-state index is -0.0303. The standard InChI is InChI=1S/C23H32N4O3/c1-4-5-14-25-22(28)19-8-6-18(7-9-19)17-27-23(24-2)26-15-16-30-21-12-10-20(29-3)11-13-21/h6-13H,4-5,14-17H2,1-3H3,(H,25,28)(H2,24,26,27). The number of guanidine groups is 1. The summed E-state index contributed by atoms with van der Waals surface area (Å²) in [5.74, 6) is 2.25. The fourth-order valence-corrected chi connectivity index (χ4v) is 2.67. The van der Waals surface area contributed by atoms with Crippen LogP contribution >= 0.6 is 0 Å². The van der Waals surface area contributed by atoms with Gasteiger partial charge in [0.25, 0.3) is 5.91 Å². The van der Waals surface area contributed by atoms with E-state index in [9.17, 15) is 4.79 Å². The average Bonchev–Trinajstić information content (AvgIpc) is 2.79. The van der Waals surface area contributed by atoms with Crippen LogP contribution in [-0.2, 0) is 6.54 Å². The van der Waals surface area contributed by atoms with Gasteiger partial charge in [-0.2, -0.15) is 0 Å². The maximum absolute atomic E-state index is 12.1. The number of aliphatic imine (C=N–C) groups is 1. The number of methoxy groups -OCH3 is 1. The van der Waals surface area contributed by atoms with Gasteiger partial charge in [0.05, 0.1) is 13.7 Å². The van der Waals surface area contributed by atoms with Gasteiger partial charge in [-0.15, -0.1) is 0 Å². The van der Waals surface area contributed by atoms with Crippen LogP contribution in [0, 0.1) is 0 Å². The van der Waals surface area contributed by atoms with Gasteiger partial charge in [0.15, 0.2) is 5.96 Å². The van der Waals surface area contributed by atoms with E-state index in [1.807, 2.05) is 48.5 Å². The van der Waals surface area contributed by atoms with Crippen LogP contribution in [0.3, 0.4) is 0 Å². The third kappa shape index (κ3) is 8.03. The summed E-state index contributed by atoms with van der Waals surface area (Å²) in [6, 6.07) is 15.1. The SMILES string of the molecule is CCCCNC(=O)c1ccc(CNC(=NC)NCCOc2ccc(OC)cc2)cc1. The van der Waals surface area contributed by atoms with Gasteiger partial charge in [0, 0.05) is 25.7 Å². The van der Waals surface area contributed by atoms with Crippen molar-refractivity contribution >= 4 is 11.9 Å². The second-order valence-corrected chi connectivity index (χ2v) is 6.68. The Hall–Kier alpha value is -3.22. The summed E-state index contributed by atoms with van der Waals surface area (Å²) in [7, 11) is 3.36. The highest BCUT2D eigenvalue weighted by Gasteiger charge is 2.05. The molecule has 2 rings (SSSR count). The molecule has 0 aromatic heterocycles. The number of rotatable bonds is 11. The first-order valence-electron chi connectivity index (χ1n) is 10.2. The molecule has 0 saturated carbocycles. The topological polar surface area (TPSA) is 84.0 Å². The molecule has 0 aliphatic heterocycles. The van der Waals surface area contributed by atoms with Crippen molar-refractivity contribution in [1.29, 1.82) is 0 Å². The quantitative estimate of drug-likeness (QED) is 0.300. The molecule has 162 valence electrons. The monoisotopic (exact) mass is 412 g/mol. The third-order valence-electron chi connectivity index (χ3n) is 4.44. The van der Waals surface area contributed by atoms with E-state index in [1.165, 1.54) is 0 Å². The number of unbranched alkanes of at least 4 members (excludes halogenated alkanes) is 1. The van der Waals surface area contributed by atoms with Gasteiger partial charge in [-0.05, 0) is 48.4 Å². The second-order valence-electron chi connectivity index (χ2n) is 6.68. The van der Waals surface area contributed by atoms with E-state index in [1.54, 1.807) is 14.2 Å². The van der Waals surface area contributed by atoms with Crippen molar-refractivity contribution in [3.05, 3.63) is 59.7 Å². The Morgan fingerprint density at radius 1 is 0.933 bits per heavy atom. The Morgan fingerprint density at radius 3 is 2.27 bits per heavy atom. The van der Waals surface area contributed by atoms with Crippen molar-refractivity contribution in [2.45, 2.75) is 26.3 Å². The van der Waals surface area contributed by atoms with E-state index in [2.05, 4.69) is 27.9 Å². The molecule has 0 aliphatic rings. The molecule has 0 atom stereocenters. The molecule has 0 radical (unpaired) electrons. The van der Waals surface area contributed by atoms with E-state index < -0.39 is 0 Å². The predicted octanol–water partition coefficient (Wildman–Crippen LogP) is 2.97. The molecule has 0 fully saturated rings. The largest absolute Gasteiger partial charge is 0.497 e. The number of ether oxygens (including phenoxy) is 2. The molecule has 0 spiro atoms. The van der Waals surface area contributed by atoms with Crippen LogP contribution in [0.25, 0.3) is 0 Å². The summed E-state index contributed by atoms with van der Waals surface area (Å²) in [6.45, 7) is 4.54. The average molecular weight is 413 g/mol.